The first-order valence-electron chi connectivity index (χ1n) is 11.8. The molecule has 2 amide bonds. The molecule has 38 heavy (non-hydrogen) atoms. The molecule has 2 heterocycles. The van der Waals surface area contributed by atoms with Gasteiger partial charge in [-0.05, 0) is 48.4 Å². The Morgan fingerprint density at radius 2 is 1.68 bits per heavy atom. The second-order valence-corrected chi connectivity index (χ2v) is 11.7. The van der Waals surface area contributed by atoms with Crippen LogP contribution in [0.1, 0.15) is 36.1 Å². The largest absolute Gasteiger partial charge is 0.342 e. The number of carbonyl (C=O) groups excluding carboxylic acids is 2. The van der Waals surface area contributed by atoms with E-state index in [1.54, 1.807) is 28.8 Å². The fourth-order valence-electron chi connectivity index (χ4n) is 4.07. The number of hydrogen-bond acceptors (Lipinski definition) is 6. The molecule has 1 aromatic heterocycles. The van der Waals surface area contributed by atoms with Crippen molar-refractivity contribution >= 4 is 69.9 Å². The summed E-state index contributed by atoms with van der Waals surface area (Å²) in [6, 6.07) is 20.0. The van der Waals surface area contributed by atoms with E-state index < -0.39 is 6.04 Å². The number of halogens is 2. The van der Waals surface area contributed by atoms with Crippen LogP contribution < -0.4 is 10.2 Å². The summed E-state index contributed by atoms with van der Waals surface area (Å²) < 4.78 is 0. The monoisotopic (exact) mass is 583 g/mol. The number of fused-ring (bicyclic) bond motifs is 2. The number of para-hydroxylation sites is 2. The van der Waals surface area contributed by atoms with Crippen molar-refractivity contribution in [1.82, 2.24) is 20.5 Å². The lowest BCUT2D eigenvalue weighted by molar-refractivity contribution is -0.115. The Hall–Kier alpha value is -2.98. The summed E-state index contributed by atoms with van der Waals surface area (Å²) in [5, 5.41) is 11.3. The van der Waals surface area contributed by atoms with Crippen molar-refractivity contribution in [3.63, 3.8) is 0 Å². The number of H-pyrrole nitrogens is 1. The highest BCUT2D eigenvalue weighted by molar-refractivity contribution is 8.00. The van der Waals surface area contributed by atoms with Gasteiger partial charge < -0.3 is 5.32 Å². The number of rotatable bonds is 7. The minimum absolute atomic E-state index is 0.0105. The van der Waals surface area contributed by atoms with Gasteiger partial charge in [0.15, 0.2) is 0 Å². The van der Waals surface area contributed by atoms with Gasteiger partial charge in [0, 0.05) is 14.8 Å². The predicted octanol–water partition coefficient (Wildman–Crippen LogP) is 7.16. The first-order valence-corrected chi connectivity index (χ1v) is 14.4. The molecule has 0 fully saturated rings. The lowest BCUT2D eigenvalue weighted by Gasteiger charge is -2.30. The van der Waals surface area contributed by atoms with Crippen LogP contribution in [-0.4, -0.2) is 32.7 Å². The van der Waals surface area contributed by atoms with Crippen molar-refractivity contribution < 1.29 is 9.59 Å². The number of nitrogens with one attached hydrogen (secondary N) is 2. The van der Waals surface area contributed by atoms with Gasteiger partial charge in [0.25, 0.3) is 5.91 Å². The second kappa shape index (κ2) is 11.4. The van der Waals surface area contributed by atoms with Crippen LogP contribution in [0.2, 0.25) is 10.0 Å². The van der Waals surface area contributed by atoms with E-state index in [2.05, 4.69) is 20.5 Å². The van der Waals surface area contributed by atoms with E-state index in [0.29, 0.717) is 21.6 Å². The van der Waals surface area contributed by atoms with E-state index >= 15 is 0 Å². The molecule has 11 heteroatoms. The number of hydrogen-bond donors (Lipinski definition) is 2. The molecule has 5 rings (SSSR count). The summed E-state index contributed by atoms with van der Waals surface area (Å²) in [4.78, 5) is 34.8. The zero-order valence-corrected chi connectivity index (χ0v) is 23.6. The van der Waals surface area contributed by atoms with Crippen molar-refractivity contribution in [2.24, 2.45) is 5.92 Å². The Morgan fingerprint density at radius 1 is 1.03 bits per heavy atom. The molecule has 0 unspecified atom stereocenters. The minimum atomic E-state index is -0.440. The van der Waals surface area contributed by atoms with Crippen molar-refractivity contribution in [2.75, 3.05) is 10.7 Å². The Labute approximate surface area is 238 Å². The van der Waals surface area contributed by atoms with Crippen LogP contribution in [0, 0.1) is 5.92 Å². The van der Waals surface area contributed by atoms with Crippen LogP contribution in [0.4, 0.5) is 11.4 Å². The first-order chi connectivity index (χ1) is 18.3. The number of thioether (sulfide) groups is 1. The standard InChI is InChI=1S/C27H23Cl2N5O2S2/c1-15(2)24(30-26(36)17-12-11-16(28)13-18(17)29)25-31-27(33-32-25)37-14-23(35)34-19-7-3-5-9-21(19)38-22-10-6-4-8-20(22)34/h3-13,15,24H,14H2,1-2H3,(H,30,36)(H,31,32,33)/t24-/m1/s1. The highest BCUT2D eigenvalue weighted by Gasteiger charge is 2.29. The predicted molar refractivity (Wildman–Crippen MR) is 153 cm³/mol. The number of aromatic nitrogens is 3. The fraction of sp³-hybridized carbons (Fsp3) is 0.185. The maximum Gasteiger partial charge on any atom is 0.253 e. The zero-order valence-electron chi connectivity index (χ0n) is 20.4. The number of carbonyl (C=O) groups is 2. The Kier molecular flexibility index (Phi) is 7.99. The molecule has 1 aliphatic heterocycles. The number of anilines is 2. The molecule has 7 nitrogen and oxygen atoms in total. The SMILES string of the molecule is CC(C)[C@@H](NC(=O)c1ccc(Cl)cc1Cl)c1nc(SCC(=O)N2c3ccccc3Sc3ccccc32)n[nH]1. The molecular formula is C27H23Cl2N5O2S2. The van der Waals surface area contributed by atoms with Crippen molar-refractivity contribution in [1.29, 1.82) is 0 Å². The Morgan fingerprint density at radius 3 is 2.32 bits per heavy atom. The highest BCUT2D eigenvalue weighted by atomic mass is 35.5. The maximum atomic E-state index is 13.5. The van der Waals surface area contributed by atoms with Gasteiger partial charge >= 0.3 is 0 Å². The molecule has 194 valence electrons. The van der Waals surface area contributed by atoms with E-state index in [9.17, 15) is 9.59 Å². The van der Waals surface area contributed by atoms with E-state index in [1.165, 1.54) is 17.8 Å². The van der Waals surface area contributed by atoms with Crippen LogP contribution in [0.15, 0.2) is 81.7 Å². The molecule has 0 saturated carbocycles. The van der Waals surface area contributed by atoms with Crippen molar-refractivity contribution in [3.8, 4) is 0 Å². The summed E-state index contributed by atoms with van der Waals surface area (Å²) in [5.74, 6) is 0.234. The molecule has 1 aliphatic rings. The van der Waals surface area contributed by atoms with Gasteiger partial charge in [-0.2, -0.15) is 0 Å². The Balaban J connectivity index is 1.30. The van der Waals surface area contributed by atoms with Gasteiger partial charge in [0.2, 0.25) is 11.1 Å². The lowest BCUT2D eigenvalue weighted by atomic mass is 10.0. The second-order valence-electron chi connectivity index (χ2n) is 8.88. The normalized spacial score (nSPS) is 13.1. The molecule has 3 aromatic carbocycles. The van der Waals surface area contributed by atoms with Crippen LogP contribution in [0.5, 0.6) is 0 Å². The molecule has 0 radical (unpaired) electrons. The summed E-state index contributed by atoms with van der Waals surface area (Å²) >= 11 is 15.1. The minimum Gasteiger partial charge on any atom is -0.342 e. The average molecular weight is 585 g/mol. The molecule has 0 saturated heterocycles. The molecular weight excluding hydrogens is 561 g/mol. The summed E-state index contributed by atoms with van der Waals surface area (Å²) in [6.07, 6.45) is 0. The zero-order chi connectivity index (χ0) is 26.8. The third-order valence-corrected chi connectivity index (χ3v) is 8.42. The van der Waals surface area contributed by atoms with E-state index in [1.807, 2.05) is 62.4 Å². The number of aromatic amines is 1. The van der Waals surface area contributed by atoms with Crippen molar-refractivity contribution in [3.05, 3.63) is 88.2 Å². The third kappa shape index (κ3) is 5.56. The fourth-order valence-corrected chi connectivity index (χ4v) is 6.28. The average Bonchev–Trinajstić information content (AvgIpc) is 3.37. The van der Waals surface area contributed by atoms with Crippen LogP contribution in [0.25, 0.3) is 0 Å². The molecule has 0 spiro atoms. The maximum absolute atomic E-state index is 13.5. The van der Waals surface area contributed by atoms with Crippen molar-refractivity contribution in [2.45, 2.75) is 34.8 Å². The molecule has 4 aromatic rings. The van der Waals surface area contributed by atoms with Crippen LogP contribution in [0.3, 0.4) is 0 Å². The summed E-state index contributed by atoms with van der Waals surface area (Å²) in [6.45, 7) is 3.94. The summed E-state index contributed by atoms with van der Waals surface area (Å²) in [7, 11) is 0. The number of amides is 2. The van der Waals surface area contributed by atoms with Crippen LogP contribution >= 0.6 is 46.7 Å². The first kappa shape index (κ1) is 26.6. The smallest absolute Gasteiger partial charge is 0.253 e. The number of benzene rings is 3. The van der Waals surface area contributed by atoms with E-state index in [4.69, 9.17) is 23.2 Å². The molecule has 1 atom stereocenters. The third-order valence-electron chi connectivity index (χ3n) is 5.91. The van der Waals surface area contributed by atoms with Crippen LogP contribution in [-0.2, 0) is 4.79 Å². The quantitative estimate of drug-likeness (QED) is 0.224. The van der Waals surface area contributed by atoms with E-state index in [-0.39, 0.29) is 28.5 Å². The van der Waals surface area contributed by atoms with Gasteiger partial charge in [-0.25, -0.2) is 4.98 Å². The van der Waals surface area contributed by atoms with Gasteiger partial charge in [0.05, 0.1) is 33.8 Å². The molecule has 2 N–H and O–H groups in total. The Bertz CT molecular complexity index is 1460. The number of nitrogens with zero attached hydrogens (tertiary/aromatic N) is 3. The molecule has 0 bridgehead atoms. The topological polar surface area (TPSA) is 91.0 Å². The lowest BCUT2D eigenvalue weighted by Crippen LogP contribution is -2.32. The summed E-state index contributed by atoms with van der Waals surface area (Å²) in [5.41, 5.74) is 2.04. The van der Waals surface area contributed by atoms with Gasteiger partial charge in [0.1, 0.15) is 5.82 Å². The molecule has 0 aliphatic carbocycles. The highest BCUT2D eigenvalue weighted by Crippen LogP contribution is 2.48. The van der Waals surface area contributed by atoms with E-state index in [0.717, 1.165) is 21.2 Å². The van der Waals surface area contributed by atoms with Gasteiger partial charge in [-0.3, -0.25) is 19.6 Å². The van der Waals surface area contributed by atoms with Gasteiger partial charge in [-0.1, -0.05) is 84.8 Å². The van der Waals surface area contributed by atoms with Gasteiger partial charge in [-0.15, -0.1) is 5.10 Å².